The predicted molar refractivity (Wildman–Crippen MR) is 66.7 cm³/mol. The van der Waals surface area contributed by atoms with Crippen molar-refractivity contribution < 1.29 is 19.7 Å². The number of aliphatic hydroxyl groups is 1. The van der Waals surface area contributed by atoms with E-state index in [-0.39, 0.29) is 18.6 Å². The molecule has 0 radical (unpaired) electrons. The first-order valence-electron chi connectivity index (χ1n) is 6.29. The van der Waals surface area contributed by atoms with Crippen molar-refractivity contribution in [3.63, 3.8) is 0 Å². The van der Waals surface area contributed by atoms with E-state index >= 15 is 0 Å². The van der Waals surface area contributed by atoms with E-state index in [4.69, 9.17) is 9.84 Å². The molecule has 2 rings (SSSR count). The molecule has 1 saturated carbocycles. The number of carboxylic acid groups (broad SMARTS) is 1. The van der Waals surface area contributed by atoms with Gasteiger partial charge in [0.25, 0.3) is 0 Å². The summed E-state index contributed by atoms with van der Waals surface area (Å²) in [6, 6.07) is 7.18. The third-order valence-electron chi connectivity index (χ3n) is 3.23. The van der Waals surface area contributed by atoms with Crippen LogP contribution in [0.5, 0.6) is 5.75 Å². The topological polar surface area (TPSA) is 66.8 Å². The molecule has 0 spiro atoms. The largest absolute Gasteiger partial charge is 0.490 e. The maximum atomic E-state index is 10.5. The zero-order valence-corrected chi connectivity index (χ0v) is 10.2. The summed E-state index contributed by atoms with van der Waals surface area (Å²) in [5.74, 6) is -0.0598. The smallest absolute Gasteiger partial charge is 0.307 e. The van der Waals surface area contributed by atoms with Crippen molar-refractivity contribution >= 4 is 5.97 Å². The van der Waals surface area contributed by atoms with Gasteiger partial charge in [-0.05, 0) is 43.4 Å². The lowest BCUT2D eigenvalue weighted by Gasteiger charge is -2.26. The molecule has 1 aromatic rings. The van der Waals surface area contributed by atoms with Crippen molar-refractivity contribution in [1.29, 1.82) is 0 Å². The molecular weight excluding hydrogens is 232 g/mol. The highest BCUT2D eigenvalue weighted by molar-refractivity contribution is 5.70. The van der Waals surface area contributed by atoms with E-state index in [0.717, 1.165) is 37.0 Å². The van der Waals surface area contributed by atoms with Gasteiger partial charge in [0.05, 0.1) is 18.6 Å². The van der Waals surface area contributed by atoms with Crippen LogP contribution in [0, 0.1) is 0 Å². The number of aliphatic carboxylic acids is 1. The van der Waals surface area contributed by atoms with Crippen LogP contribution in [0.25, 0.3) is 0 Å². The van der Waals surface area contributed by atoms with E-state index in [1.807, 2.05) is 12.1 Å². The Morgan fingerprint density at radius 3 is 2.33 bits per heavy atom. The zero-order chi connectivity index (χ0) is 13.0. The Labute approximate surface area is 106 Å². The normalized spacial score (nSPS) is 23.6. The first kappa shape index (κ1) is 12.9. The number of ether oxygens (including phenoxy) is 1. The first-order chi connectivity index (χ1) is 8.63. The fraction of sp³-hybridized carbons (Fsp3) is 0.500. The molecule has 0 heterocycles. The van der Waals surface area contributed by atoms with Crippen molar-refractivity contribution in [2.45, 2.75) is 44.3 Å². The molecule has 0 amide bonds. The van der Waals surface area contributed by atoms with Crippen LogP contribution in [0.2, 0.25) is 0 Å². The van der Waals surface area contributed by atoms with Crippen molar-refractivity contribution in [3.05, 3.63) is 29.8 Å². The number of rotatable bonds is 4. The molecule has 0 atom stereocenters. The summed E-state index contributed by atoms with van der Waals surface area (Å²) in [5, 5.41) is 18.1. The molecule has 0 unspecified atom stereocenters. The quantitative estimate of drug-likeness (QED) is 0.857. The molecule has 0 saturated heterocycles. The SMILES string of the molecule is O=C(O)Cc1ccc(OC2CCC(O)CC2)cc1. The van der Waals surface area contributed by atoms with Crippen LogP contribution in [0.4, 0.5) is 0 Å². The minimum atomic E-state index is -0.829. The Bertz CT molecular complexity index is 391. The van der Waals surface area contributed by atoms with Crippen LogP contribution >= 0.6 is 0 Å². The number of benzene rings is 1. The minimum absolute atomic E-state index is 0.0376. The summed E-state index contributed by atoms with van der Waals surface area (Å²) in [4.78, 5) is 10.5. The molecule has 1 aliphatic carbocycles. The molecule has 0 aromatic heterocycles. The molecule has 0 aliphatic heterocycles. The highest BCUT2D eigenvalue weighted by atomic mass is 16.5. The molecular formula is C14H18O4. The fourth-order valence-corrected chi connectivity index (χ4v) is 2.22. The van der Waals surface area contributed by atoms with E-state index in [1.54, 1.807) is 12.1 Å². The van der Waals surface area contributed by atoms with E-state index in [1.165, 1.54) is 0 Å². The maximum absolute atomic E-state index is 10.5. The van der Waals surface area contributed by atoms with E-state index in [2.05, 4.69) is 0 Å². The Hall–Kier alpha value is -1.55. The summed E-state index contributed by atoms with van der Waals surface area (Å²) >= 11 is 0. The minimum Gasteiger partial charge on any atom is -0.490 e. The van der Waals surface area contributed by atoms with Crippen LogP contribution < -0.4 is 4.74 Å². The zero-order valence-electron chi connectivity index (χ0n) is 10.2. The molecule has 1 fully saturated rings. The lowest BCUT2D eigenvalue weighted by Crippen LogP contribution is -2.26. The van der Waals surface area contributed by atoms with Gasteiger partial charge in [-0.1, -0.05) is 12.1 Å². The fourth-order valence-electron chi connectivity index (χ4n) is 2.22. The van der Waals surface area contributed by atoms with Crippen molar-refractivity contribution in [3.8, 4) is 5.75 Å². The summed E-state index contributed by atoms with van der Waals surface area (Å²) in [6.45, 7) is 0. The van der Waals surface area contributed by atoms with Crippen molar-refractivity contribution in [2.75, 3.05) is 0 Å². The van der Waals surface area contributed by atoms with Crippen LogP contribution in [-0.4, -0.2) is 28.4 Å². The van der Waals surface area contributed by atoms with Gasteiger partial charge in [0.1, 0.15) is 5.75 Å². The van der Waals surface area contributed by atoms with Gasteiger partial charge in [0.15, 0.2) is 0 Å². The summed E-state index contributed by atoms with van der Waals surface area (Å²) in [7, 11) is 0. The van der Waals surface area contributed by atoms with Gasteiger partial charge in [-0.25, -0.2) is 0 Å². The van der Waals surface area contributed by atoms with Crippen LogP contribution in [0.3, 0.4) is 0 Å². The standard InChI is InChI=1S/C14H18O4/c15-11-3-7-13(8-4-11)18-12-5-1-10(2-6-12)9-14(16)17/h1-2,5-6,11,13,15H,3-4,7-9H2,(H,16,17). The lowest BCUT2D eigenvalue weighted by molar-refractivity contribution is -0.136. The van der Waals surface area contributed by atoms with Gasteiger partial charge >= 0.3 is 5.97 Å². The Balaban J connectivity index is 1.88. The molecule has 18 heavy (non-hydrogen) atoms. The molecule has 1 aliphatic rings. The summed E-state index contributed by atoms with van der Waals surface area (Å²) in [6.07, 6.45) is 3.36. The van der Waals surface area contributed by atoms with E-state index < -0.39 is 5.97 Å². The predicted octanol–water partition coefficient (Wildman–Crippen LogP) is 2.00. The summed E-state index contributed by atoms with van der Waals surface area (Å²) in [5.41, 5.74) is 0.772. The summed E-state index contributed by atoms with van der Waals surface area (Å²) < 4.78 is 5.81. The second kappa shape index (κ2) is 5.87. The Morgan fingerprint density at radius 1 is 1.17 bits per heavy atom. The van der Waals surface area contributed by atoms with Crippen LogP contribution in [-0.2, 0) is 11.2 Å². The van der Waals surface area contributed by atoms with Gasteiger partial charge in [-0.15, -0.1) is 0 Å². The van der Waals surface area contributed by atoms with Gasteiger partial charge in [0.2, 0.25) is 0 Å². The van der Waals surface area contributed by atoms with E-state index in [0.29, 0.717) is 0 Å². The third-order valence-corrected chi connectivity index (χ3v) is 3.23. The molecule has 2 N–H and O–H groups in total. The molecule has 0 bridgehead atoms. The molecule has 4 nitrogen and oxygen atoms in total. The van der Waals surface area contributed by atoms with Gasteiger partial charge in [-0.3, -0.25) is 4.79 Å². The monoisotopic (exact) mass is 250 g/mol. The van der Waals surface area contributed by atoms with Crippen molar-refractivity contribution in [2.24, 2.45) is 0 Å². The second-order valence-corrected chi connectivity index (χ2v) is 4.76. The lowest BCUT2D eigenvalue weighted by atomic mass is 9.95. The van der Waals surface area contributed by atoms with Crippen LogP contribution in [0.1, 0.15) is 31.2 Å². The number of hydrogen-bond acceptors (Lipinski definition) is 3. The second-order valence-electron chi connectivity index (χ2n) is 4.76. The number of carboxylic acids is 1. The molecule has 1 aromatic carbocycles. The average molecular weight is 250 g/mol. The molecule has 98 valence electrons. The molecule has 4 heteroatoms. The van der Waals surface area contributed by atoms with Crippen molar-refractivity contribution in [1.82, 2.24) is 0 Å². The highest BCUT2D eigenvalue weighted by Crippen LogP contribution is 2.24. The highest BCUT2D eigenvalue weighted by Gasteiger charge is 2.20. The number of carbonyl (C=O) groups is 1. The van der Waals surface area contributed by atoms with Gasteiger partial charge in [0, 0.05) is 0 Å². The average Bonchev–Trinajstić information content (AvgIpc) is 2.34. The number of hydrogen-bond donors (Lipinski definition) is 2. The first-order valence-corrected chi connectivity index (χ1v) is 6.29. The Kier molecular flexibility index (Phi) is 4.20. The van der Waals surface area contributed by atoms with E-state index in [9.17, 15) is 9.90 Å². The number of aliphatic hydroxyl groups excluding tert-OH is 1. The van der Waals surface area contributed by atoms with Gasteiger partial charge in [-0.2, -0.15) is 0 Å². The van der Waals surface area contributed by atoms with Gasteiger partial charge < -0.3 is 14.9 Å². The van der Waals surface area contributed by atoms with Crippen LogP contribution in [0.15, 0.2) is 24.3 Å². The maximum Gasteiger partial charge on any atom is 0.307 e. The third kappa shape index (κ3) is 3.74. The Morgan fingerprint density at radius 2 is 1.78 bits per heavy atom.